The highest BCUT2D eigenvalue weighted by Gasteiger charge is 2.44. The minimum Gasteiger partial charge on any atom is -0.405 e. The summed E-state index contributed by atoms with van der Waals surface area (Å²) >= 11 is 0. The van der Waals surface area contributed by atoms with E-state index in [0.717, 1.165) is 29.1 Å². The van der Waals surface area contributed by atoms with Crippen molar-refractivity contribution in [2.24, 2.45) is 5.73 Å². The van der Waals surface area contributed by atoms with Crippen LogP contribution in [0.1, 0.15) is 47.2 Å². The summed E-state index contributed by atoms with van der Waals surface area (Å²) in [4.78, 5) is 14.5. The van der Waals surface area contributed by atoms with Crippen molar-refractivity contribution in [2.45, 2.75) is 32.4 Å². The Balaban J connectivity index is 1.55. The Hall–Kier alpha value is -5.13. The van der Waals surface area contributed by atoms with Crippen molar-refractivity contribution in [3.63, 3.8) is 0 Å². The number of hydrogen-bond donors (Lipinski definition) is 1. The molecule has 0 spiro atoms. The SMILES string of the molecule is CCC(/C=C\C=C/N)c1ccc(C2=C(c3ccccc3)C(c3ccccc3)=C(c3ccc(-c4ccccn4)nc3)[Si]2(C)C)cn1. The van der Waals surface area contributed by atoms with E-state index in [0.29, 0.717) is 0 Å². The molecular formula is C40H38N4Si. The summed E-state index contributed by atoms with van der Waals surface area (Å²) in [5.74, 6) is 0.226. The first kappa shape index (κ1) is 29.9. The lowest BCUT2D eigenvalue weighted by Gasteiger charge is -2.26. The van der Waals surface area contributed by atoms with Crippen LogP contribution in [-0.2, 0) is 0 Å². The molecule has 222 valence electrons. The van der Waals surface area contributed by atoms with Gasteiger partial charge in [0.1, 0.15) is 8.07 Å². The van der Waals surface area contributed by atoms with Gasteiger partial charge in [0.05, 0.1) is 11.4 Å². The van der Waals surface area contributed by atoms with E-state index in [-0.39, 0.29) is 5.92 Å². The molecule has 1 atom stereocenters. The second-order valence-corrected chi connectivity index (χ2v) is 16.0. The van der Waals surface area contributed by atoms with Crippen LogP contribution in [0.3, 0.4) is 0 Å². The number of hydrogen-bond acceptors (Lipinski definition) is 4. The number of allylic oxidation sites excluding steroid dienone is 5. The van der Waals surface area contributed by atoms with Crippen molar-refractivity contribution >= 4 is 29.6 Å². The summed E-state index contributed by atoms with van der Waals surface area (Å²) in [5.41, 5.74) is 15.7. The highest BCUT2D eigenvalue weighted by molar-refractivity contribution is 7.13. The molecule has 1 aliphatic heterocycles. The molecule has 0 fully saturated rings. The Labute approximate surface area is 267 Å². The molecule has 1 unspecified atom stereocenters. The quantitative estimate of drug-likeness (QED) is 0.135. The standard InChI is InChI=1S/C40H38N4Si/c1-4-29(15-11-13-25-41)34-23-21-32(27-43-34)39-37(30-16-7-5-8-17-30)38(31-18-9-6-10-19-31)40(45(39,2)3)33-22-24-36(44-28-33)35-20-12-14-26-42-35/h5-29H,4,41H2,1-3H3/b15-11-,25-13-. The number of pyridine rings is 3. The molecule has 5 heteroatoms. The first-order valence-corrected chi connectivity index (χ1v) is 18.5. The predicted octanol–water partition coefficient (Wildman–Crippen LogP) is 9.38. The van der Waals surface area contributed by atoms with Gasteiger partial charge in [-0.15, -0.1) is 0 Å². The lowest BCUT2D eigenvalue weighted by molar-refractivity contribution is 0.774. The number of rotatable bonds is 9. The molecule has 0 aliphatic carbocycles. The van der Waals surface area contributed by atoms with Crippen molar-refractivity contribution in [1.82, 2.24) is 15.0 Å². The smallest absolute Gasteiger partial charge is 0.115 e. The van der Waals surface area contributed by atoms with Crippen molar-refractivity contribution < 1.29 is 0 Å². The van der Waals surface area contributed by atoms with Crippen LogP contribution in [0.5, 0.6) is 0 Å². The molecule has 2 N–H and O–H groups in total. The highest BCUT2D eigenvalue weighted by atomic mass is 28.3. The fourth-order valence-corrected chi connectivity index (χ4v) is 10.3. The Morgan fingerprint density at radius 2 is 1.20 bits per heavy atom. The van der Waals surface area contributed by atoms with E-state index >= 15 is 0 Å². The van der Waals surface area contributed by atoms with E-state index < -0.39 is 8.07 Å². The molecule has 0 bridgehead atoms. The summed E-state index contributed by atoms with van der Waals surface area (Å²) in [6.45, 7) is 7.12. The zero-order valence-electron chi connectivity index (χ0n) is 26.1. The van der Waals surface area contributed by atoms with Crippen LogP contribution in [0.25, 0.3) is 32.9 Å². The normalized spacial score (nSPS) is 15.4. The van der Waals surface area contributed by atoms with Gasteiger partial charge < -0.3 is 5.73 Å². The summed E-state index contributed by atoms with van der Waals surface area (Å²) in [6.07, 6.45) is 14.5. The highest BCUT2D eigenvalue weighted by Crippen LogP contribution is 2.55. The maximum Gasteiger partial charge on any atom is 0.115 e. The molecule has 4 nitrogen and oxygen atoms in total. The van der Waals surface area contributed by atoms with Gasteiger partial charge in [0.15, 0.2) is 0 Å². The summed E-state index contributed by atoms with van der Waals surface area (Å²) in [7, 11) is -2.32. The van der Waals surface area contributed by atoms with Crippen LogP contribution in [0.4, 0.5) is 0 Å². The average molecular weight is 603 g/mol. The van der Waals surface area contributed by atoms with E-state index in [1.807, 2.05) is 42.7 Å². The Morgan fingerprint density at radius 3 is 1.69 bits per heavy atom. The maximum absolute atomic E-state index is 5.55. The Bertz CT molecular complexity index is 1870. The van der Waals surface area contributed by atoms with Gasteiger partial charge in [-0.3, -0.25) is 15.0 Å². The molecule has 0 saturated heterocycles. The van der Waals surface area contributed by atoms with Gasteiger partial charge >= 0.3 is 0 Å². The van der Waals surface area contributed by atoms with Crippen LogP contribution in [-0.4, -0.2) is 23.0 Å². The Kier molecular flexibility index (Phi) is 8.81. The lowest BCUT2D eigenvalue weighted by atomic mass is 9.89. The van der Waals surface area contributed by atoms with Gasteiger partial charge in [-0.25, -0.2) is 0 Å². The topological polar surface area (TPSA) is 64.7 Å². The second kappa shape index (κ2) is 13.2. The molecule has 45 heavy (non-hydrogen) atoms. The molecule has 1 aliphatic rings. The van der Waals surface area contributed by atoms with Crippen LogP contribution in [0.2, 0.25) is 13.1 Å². The van der Waals surface area contributed by atoms with Crippen molar-refractivity contribution in [3.05, 3.63) is 174 Å². The fourth-order valence-electron chi connectivity index (χ4n) is 6.48. The molecule has 6 rings (SSSR count). The van der Waals surface area contributed by atoms with Gasteiger partial charge in [0.25, 0.3) is 0 Å². The summed E-state index contributed by atoms with van der Waals surface area (Å²) in [6, 6.07) is 36.4. The van der Waals surface area contributed by atoms with Crippen LogP contribution in [0, 0.1) is 0 Å². The lowest BCUT2D eigenvalue weighted by Crippen LogP contribution is -2.28. The maximum atomic E-state index is 5.55. The molecule has 0 saturated carbocycles. The third-order valence-corrected chi connectivity index (χ3v) is 12.1. The van der Waals surface area contributed by atoms with E-state index in [9.17, 15) is 0 Å². The number of nitrogens with zero attached hydrogens (tertiary/aromatic N) is 3. The third-order valence-electron chi connectivity index (χ3n) is 8.56. The Morgan fingerprint density at radius 1 is 0.622 bits per heavy atom. The minimum absolute atomic E-state index is 0.226. The average Bonchev–Trinajstić information content (AvgIpc) is 3.35. The second-order valence-electron chi connectivity index (χ2n) is 11.8. The van der Waals surface area contributed by atoms with E-state index in [2.05, 4.69) is 122 Å². The van der Waals surface area contributed by atoms with Crippen LogP contribution in [0.15, 0.2) is 146 Å². The van der Waals surface area contributed by atoms with Crippen LogP contribution < -0.4 is 5.73 Å². The van der Waals surface area contributed by atoms with E-state index in [1.54, 1.807) is 6.20 Å². The molecule has 3 aromatic heterocycles. The first-order valence-electron chi connectivity index (χ1n) is 15.5. The fraction of sp³-hybridized carbons (Fsp3) is 0.125. The van der Waals surface area contributed by atoms with Gasteiger partial charge in [-0.2, -0.15) is 0 Å². The molecule has 0 radical (unpaired) electrons. The largest absolute Gasteiger partial charge is 0.405 e. The third kappa shape index (κ3) is 6.00. The van der Waals surface area contributed by atoms with Crippen molar-refractivity contribution in [2.75, 3.05) is 0 Å². The summed E-state index contributed by atoms with van der Waals surface area (Å²) in [5, 5.41) is 2.78. The van der Waals surface area contributed by atoms with E-state index in [4.69, 9.17) is 15.7 Å². The van der Waals surface area contributed by atoms with Crippen molar-refractivity contribution in [3.8, 4) is 11.4 Å². The molecule has 5 aromatic rings. The molecular weight excluding hydrogens is 565 g/mol. The number of aromatic nitrogens is 3. The van der Waals surface area contributed by atoms with Crippen molar-refractivity contribution in [1.29, 1.82) is 0 Å². The first-order chi connectivity index (χ1) is 22.0. The van der Waals surface area contributed by atoms with Gasteiger partial charge in [-0.05, 0) is 86.8 Å². The molecule has 0 amide bonds. The summed E-state index contributed by atoms with van der Waals surface area (Å²) < 4.78 is 0. The predicted molar refractivity (Wildman–Crippen MR) is 191 cm³/mol. The van der Waals surface area contributed by atoms with Gasteiger partial charge in [0, 0.05) is 30.2 Å². The minimum atomic E-state index is -2.32. The number of nitrogens with two attached hydrogens (primary N) is 1. The molecule has 4 heterocycles. The van der Waals surface area contributed by atoms with Gasteiger partial charge in [0.2, 0.25) is 0 Å². The zero-order valence-corrected chi connectivity index (χ0v) is 27.1. The zero-order chi connectivity index (χ0) is 31.2. The van der Waals surface area contributed by atoms with Gasteiger partial charge in [-0.1, -0.05) is 111 Å². The van der Waals surface area contributed by atoms with Crippen LogP contribution >= 0.6 is 0 Å². The molecule has 2 aromatic carbocycles. The van der Waals surface area contributed by atoms with E-state index in [1.165, 1.54) is 38.2 Å². The number of benzene rings is 2. The monoisotopic (exact) mass is 602 g/mol.